The minimum Gasteiger partial charge on any atom is -0.370 e. The van der Waals surface area contributed by atoms with Crippen molar-refractivity contribution in [2.24, 2.45) is 5.92 Å². The maximum absolute atomic E-state index is 6.05. The molecule has 0 unspecified atom stereocenters. The minimum atomic E-state index is 0.562. The van der Waals surface area contributed by atoms with Crippen LogP contribution in [0.15, 0.2) is 24.3 Å². The van der Waals surface area contributed by atoms with E-state index in [1.54, 1.807) is 0 Å². The molecule has 21 heavy (non-hydrogen) atoms. The zero-order chi connectivity index (χ0) is 15.4. The van der Waals surface area contributed by atoms with Crippen molar-refractivity contribution in [3.8, 4) is 0 Å². The summed E-state index contributed by atoms with van der Waals surface area (Å²) in [7, 11) is 0. The molecule has 2 aromatic rings. The number of aromatic nitrogens is 2. The second kappa shape index (κ2) is 6.76. The van der Waals surface area contributed by atoms with E-state index < -0.39 is 0 Å². The van der Waals surface area contributed by atoms with Gasteiger partial charge in [0, 0.05) is 23.3 Å². The van der Waals surface area contributed by atoms with Crippen molar-refractivity contribution in [3.63, 3.8) is 0 Å². The van der Waals surface area contributed by atoms with Gasteiger partial charge in [-0.2, -0.15) is 0 Å². The Labute approximate surface area is 131 Å². The van der Waals surface area contributed by atoms with Crippen LogP contribution in [0.4, 0.5) is 17.3 Å². The number of rotatable bonds is 5. The van der Waals surface area contributed by atoms with Gasteiger partial charge in [0.25, 0.3) is 0 Å². The van der Waals surface area contributed by atoms with Crippen LogP contribution in [-0.4, -0.2) is 16.5 Å². The van der Waals surface area contributed by atoms with Gasteiger partial charge >= 0.3 is 0 Å². The predicted octanol–water partition coefficient (Wildman–Crippen LogP) is 4.56. The lowest BCUT2D eigenvalue weighted by Gasteiger charge is -2.13. The highest BCUT2D eigenvalue weighted by atomic mass is 35.5. The van der Waals surface area contributed by atoms with Gasteiger partial charge in [0.2, 0.25) is 0 Å². The summed E-state index contributed by atoms with van der Waals surface area (Å²) < 4.78 is 0. The summed E-state index contributed by atoms with van der Waals surface area (Å²) in [5.74, 6) is 2.88. The summed E-state index contributed by atoms with van der Waals surface area (Å²) in [6, 6.07) is 7.67. The normalized spacial score (nSPS) is 10.8. The summed E-state index contributed by atoms with van der Waals surface area (Å²) in [6.07, 6.45) is 0. The molecule has 1 aromatic heterocycles. The lowest BCUT2D eigenvalue weighted by atomic mass is 10.2. The van der Waals surface area contributed by atoms with Crippen molar-refractivity contribution >= 4 is 28.9 Å². The molecule has 112 valence electrons. The number of halogens is 1. The predicted molar refractivity (Wildman–Crippen MR) is 89.6 cm³/mol. The summed E-state index contributed by atoms with van der Waals surface area (Å²) in [6.45, 7) is 9.12. The van der Waals surface area contributed by atoms with E-state index >= 15 is 0 Å². The van der Waals surface area contributed by atoms with Gasteiger partial charge in [0.1, 0.15) is 17.5 Å². The Morgan fingerprint density at radius 2 is 1.81 bits per heavy atom. The number of benzene rings is 1. The van der Waals surface area contributed by atoms with Crippen molar-refractivity contribution in [2.45, 2.75) is 27.7 Å². The van der Waals surface area contributed by atoms with E-state index in [0.717, 1.165) is 35.3 Å². The van der Waals surface area contributed by atoms with E-state index in [1.165, 1.54) is 0 Å². The van der Waals surface area contributed by atoms with E-state index in [2.05, 4.69) is 34.4 Å². The van der Waals surface area contributed by atoms with Gasteiger partial charge in [-0.1, -0.05) is 31.5 Å². The Morgan fingerprint density at radius 1 is 1.10 bits per heavy atom. The molecular weight excluding hydrogens is 284 g/mol. The number of anilines is 3. The fourth-order valence-electron chi connectivity index (χ4n) is 1.90. The summed E-state index contributed by atoms with van der Waals surface area (Å²) >= 11 is 6.05. The molecular formula is C16H21ClN4. The Hall–Kier alpha value is -1.81. The zero-order valence-corrected chi connectivity index (χ0v) is 13.6. The van der Waals surface area contributed by atoms with Crippen LogP contribution in [-0.2, 0) is 0 Å². The summed E-state index contributed by atoms with van der Waals surface area (Å²) in [4.78, 5) is 8.82. The van der Waals surface area contributed by atoms with E-state index in [4.69, 9.17) is 11.6 Å². The summed E-state index contributed by atoms with van der Waals surface area (Å²) in [5, 5.41) is 7.33. The standard InChI is InChI=1S/C16H21ClN4/c1-10(2)9-18-15-8-16(20-12(4)19-15)21-14-7-13(17)6-5-11(14)3/h5-8,10H,9H2,1-4H3,(H2,18,19,20,21). The van der Waals surface area contributed by atoms with Crippen LogP contribution in [0.3, 0.4) is 0 Å². The molecule has 0 aliphatic carbocycles. The van der Waals surface area contributed by atoms with Crippen molar-refractivity contribution in [1.82, 2.24) is 9.97 Å². The van der Waals surface area contributed by atoms with Gasteiger partial charge in [0.15, 0.2) is 0 Å². The molecule has 2 rings (SSSR count). The van der Waals surface area contributed by atoms with E-state index in [9.17, 15) is 0 Å². The van der Waals surface area contributed by atoms with Crippen molar-refractivity contribution in [1.29, 1.82) is 0 Å². The number of hydrogen-bond donors (Lipinski definition) is 2. The molecule has 1 aromatic carbocycles. The monoisotopic (exact) mass is 304 g/mol. The number of nitrogens with one attached hydrogen (secondary N) is 2. The largest absolute Gasteiger partial charge is 0.370 e. The third kappa shape index (κ3) is 4.60. The van der Waals surface area contributed by atoms with Gasteiger partial charge in [-0.05, 0) is 37.5 Å². The molecule has 0 amide bonds. The maximum Gasteiger partial charge on any atom is 0.136 e. The van der Waals surface area contributed by atoms with Crippen LogP contribution in [0.1, 0.15) is 25.2 Å². The Balaban J connectivity index is 2.21. The van der Waals surface area contributed by atoms with Crippen molar-refractivity contribution in [3.05, 3.63) is 40.7 Å². The fourth-order valence-corrected chi connectivity index (χ4v) is 2.07. The minimum absolute atomic E-state index is 0.562. The molecule has 4 nitrogen and oxygen atoms in total. The zero-order valence-electron chi connectivity index (χ0n) is 12.9. The number of hydrogen-bond acceptors (Lipinski definition) is 4. The molecule has 0 fully saturated rings. The molecule has 0 saturated heterocycles. The molecule has 0 aliphatic rings. The van der Waals surface area contributed by atoms with E-state index in [1.807, 2.05) is 38.1 Å². The average Bonchev–Trinajstić information content (AvgIpc) is 2.40. The Morgan fingerprint density at radius 3 is 2.52 bits per heavy atom. The second-order valence-electron chi connectivity index (χ2n) is 5.54. The van der Waals surface area contributed by atoms with Gasteiger partial charge in [-0.25, -0.2) is 9.97 Å². The first-order valence-corrected chi connectivity index (χ1v) is 7.44. The SMILES string of the molecule is Cc1nc(NCC(C)C)cc(Nc2cc(Cl)ccc2C)n1. The van der Waals surface area contributed by atoms with Crippen LogP contribution in [0, 0.1) is 19.8 Å². The van der Waals surface area contributed by atoms with Gasteiger partial charge in [-0.3, -0.25) is 0 Å². The van der Waals surface area contributed by atoms with Crippen LogP contribution in [0.25, 0.3) is 0 Å². The van der Waals surface area contributed by atoms with Gasteiger partial charge in [-0.15, -0.1) is 0 Å². The summed E-state index contributed by atoms with van der Waals surface area (Å²) in [5.41, 5.74) is 2.07. The third-order valence-corrected chi connectivity index (χ3v) is 3.23. The molecule has 0 aliphatic heterocycles. The highest BCUT2D eigenvalue weighted by Gasteiger charge is 2.05. The highest BCUT2D eigenvalue weighted by Crippen LogP contribution is 2.24. The molecule has 0 radical (unpaired) electrons. The maximum atomic E-state index is 6.05. The van der Waals surface area contributed by atoms with E-state index in [0.29, 0.717) is 10.9 Å². The van der Waals surface area contributed by atoms with Crippen molar-refractivity contribution in [2.75, 3.05) is 17.2 Å². The van der Waals surface area contributed by atoms with Gasteiger partial charge < -0.3 is 10.6 Å². The average molecular weight is 305 g/mol. The molecule has 0 spiro atoms. The van der Waals surface area contributed by atoms with Crippen LogP contribution >= 0.6 is 11.6 Å². The molecule has 0 atom stereocenters. The van der Waals surface area contributed by atoms with Crippen molar-refractivity contribution < 1.29 is 0 Å². The Bertz CT molecular complexity index is 626. The smallest absolute Gasteiger partial charge is 0.136 e. The topological polar surface area (TPSA) is 49.8 Å². The first-order chi connectivity index (χ1) is 9.94. The lowest BCUT2D eigenvalue weighted by Crippen LogP contribution is -2.10. The van der Waals surface area contributed by atoms with E-state index in [-0.39, 0.29) is 0 Å². The molecule has 0 saturated carbocycles. The second-order valence-corrected chi connectivity index (χ2v) is 5.98. The molecule has 1 heterocycles. The van der Waals surface area contributed by atoms with Crippen LogP contribution in [0.5, 0.6) is 0 Å². The Kier molecular flexibility index (Phi) is 5.02. The van der Waals surface area contributed by atoms with Gasteiger partial charge in [0.05, 0.1) is 0 Å². The fraction of sp³-hybridized carbons (Fsp3) is 0.375. The number of aryl methyl sites for hydroxylation is 2. The lowest BCUT2D eigenvalue weighted by molar-refractivity contribution is 0.686. The molecule has 5 heteroatoms. The highest BCUT2D eigenvalue weighted by molar-refractivity contribution is 6.30. The third-order valence-electron chi connectivity index (χ3n) is 2.99. The van der Waals surface area contributed by atoms with Crippen LogP contribution in [0.2, 0.25) is 5.02 Å². The molecule has 2 N–H and O–H groups in total. The number of nitrogens with zero attached hydrogens (tertiary/aromatic N) is 2. The first-order valence-electron chi connectivity index (χ1n) is 7.07. The molecule has 0 bridgehead atoms. The first kappa shape index (κ1) is 15.6. The van der Waals surface area contributed by atoms with Crippen LogP contribution < -0.4 is 10.6 Å². The quantitative estimate of drug-likeness (QED) is 0.850.